The average Bonchev–Trinajstić information content (AvgIpc) is 3.44. The fourth-order valence-electron chi connectivity index (χ4n) is 6.24. The SMILES string of the molecule is CCCCCCCCCCCC1=CC(=O)N(Cc2ccccc2CN2C(=O)C=C(CCCCCCCCCCC)C2=O)C1=O. The zero-order valence-corrected chi connectivity index (χ0v) is 27.5. The van der Waals surface area contributed by atoms with E-state index >= 15 is 0 Å². The number of unbranched alkanes of at least 4 members (excludes halogenated alkanes) is 16. The number of hydrogen-bond donors (Lipinski definition) is 0. The van der Waals surface area contributed by atoms with Crippen LogP contribution in [0.2, 0.25) is 0 Å². The number of rotatable bonds is 24. The van der Waals surface area contributed by atoms with Crippen LogP contribution in [0.4, 0.5) is 0 Å². The maximum atomic E-state index is 13.1. The second-order valence-corrected chi connectivity index (χ2v) is 12.7. The summed E-state index contributed by atoms with van der Waals surface area (Å²) in [4.78, 5) is 54.4. The number of carbonyl (C=O) groups is 4. The molecule has 44 heavy (non-hydrogen) atoms. The molecule has 242 valence electrons. The molecule has 0 atom stereocenters. The van der Waals surface area contributed by atoms with Crippen molar-refractivity contribution in [2.45, 2.75) is 155 Å². The van der Waals surface area contributed by atoms with E-state index in [0.717, 1.165) is 36.8 Å². The Labute approximate surface area is 266 Å². The fraction of sp³-hybridized carbons (Fsp3) is 0.632. The average molecular weight is 605 g/mol. The van der Waals surface area contributed by atoms with Crippen molar-refractivity contribution < 1.29 is 19.2 Å². The van der Waals surface area contributed by atoms with Gasteiger partial charge in [-0.05, 0) is 36.8 Å². The summed E-state index contributed by atoms with van der Waals surface area (Å²) in [5, 5.41) is 0. The van der Waals surface area contributed by atoms with Crippen LogP contribution in [-0.4, -0.2) is 33.4 Å². The Hall–Kier alpha value is -3.02. The van der Waals surface area contributed by atoms with Gasteiger partial charge in [0.05, 0.1) is 13.1 Å². The molecule has 1 aromatic rings. The number of hydrogen-bond acceptors (Lipinski definition) is 4. The van der Waals surface area contributed by atoms with Gasteiger partial charge in [0.15, 0.2) is 0 Å². The van der Waals surface area contributed by atoms with Gasteiger partial charge < -0.3 is 0 Å². The molecular formula is C38H56N2O4. The summed E-state index contributed by atoms with van der Waals surface area (Å²) in [5.41, 5.74) is 2.73. The van der Waals surface area contributed by atoms with E-state index < -0.39 is 0 Å². The summed E-state index contributed by atoms with van der Waals surface area (Å²) in [7, 11) is 0. The Morgan fingerprint density at radius 2 is 0.773 bits per heavy atom. The van der Waals surface area contributed by atoms with Crippen molar-refractivity contribution in [2.75, 3.05) is 0 Å². The van der Waals surface area contributed by atoms with Crippen molar-refractivity contribution in [3.8, 4) is 0 Å². The molecule has 2 heterocycles. The van der Waals surface area contributed by atoms with Gasteiger partial charge >= 0.3 is 0 Å². The molecule has 0 aliphatic carbocycles. The van der Waals surface area contributed by atoms with Gasteiger partial charge in [-0.3, -0.25) is 29.0 Å². The molecule has 0 spiro atoms. The second-order valence-electron chi connectivity index (χ2n) is 12.7. The Bertz CT molecular complexity index is 1060. The van der Waals surface area contributed by atoms with E-state index in [1.54, 1.807) is 0 Å². The molecule has 0 saturated carbocycles. The molecule has 3 rings (SSSR count). The number of carbonyl (C=O) groups excluding carboxylic acids is 4. The molecule has 0 saturated heterocycles. The number of amides is 4. The predicted molar refractivity (Wildman–Crippen MR) is 177 cm³/mol. The first-order valence-electron chi connectivity index (χ1n) is 17.7. The van der Waals surface area contributed by atoms with Crippen molar-refractivity contribution in [1.82, 2.24) is 9.80 Å². The Morgan fingerprint density at radius 3 is 1.11 bits per heavy atom. The number of imide groups is 2. The predicted octanol–water partition coefficient (Wildman–Crippen LogP) is 9.12. The molecule has 6 nitrogen and oxygen atoms in total. The van der Waals surface area contributed by atoms with Crippen molar-refractivity contribution in [3.63, 3.8) is 0 Å². The first-order valence-corrected chi connectivity index (χ1v) is 17.7. The van der Waals surface area contributed by atoms with Crippen LogP contribution in [0.25, 0.3) is 0 Å². The largest absolute Gasteiger partial charge is 0.271 e. The molecule has 2 aliphatic rings. The highest BCUT2D eigenvalue weighted by atomic mass is 16.2. The van der Waals surface area contributed by atoms with Crippen LogP contribution in [-0.2, 0) is 32.3 Å². The summed E-state index contributed by atoms with van der Waals surface area (Å²) in [5.74, 6) is -1.01. The van der Waals surface area contributed by atoms with E-state index in [9.17, 15) is 19.2 Å². The minimum Gasteiger partial charge on any atom is -0.271 e. The highest BCUT2D eigenvalue weighted by molar-refractivity contribution is 6.16. The van der Waals surface area contributed by atoms with Gasteiger partial charge in [0.2, 0.25) is 0 Å². The van der Waals surface area contributed by atoms with Crippen LogP contribution >= 0.6 is 0 Å². The third-order valence-corrected chi connectivity index (χ3v) is 9.04. The van der Waals surface area contributed by atoms with Crippen LogP contribution in [0.1, 0.15) is 153 Å². The molecular weight excluding hydrogens is 548 g/mol. The summed E-state index contributed by atoms with van der Waals surface area (Å²) >= 11 is 0. The van der Waals surface area contributed by atoms with Crippen molar-refractivity contribution in [1.29, 1.82) is 0 Å². The lowest BCUT2D eigenvalue weighted by molar-refractivity contribution is -0.139. The van der Waals surface area contributed by atoms with Crippen LogP contribution < -0.4 is 0 Å². The fourth-order valence-corrected chi connectivity index (χ4v) is 6.24. The molecule has 0 unspecified atom stereocenters. The molecule has 0 radical (unpaired) electrons. The molecule has 2 aliphatic heterocycles. The molecule has 6 heteroatoms. The van der Waals surface area contributed by atoms with Gasteiger partial charge in [-0.15, -0.1) is 0 Å². The number of benzene rings is 1. The quantitative estimate of drug-likeness (QED) is 0.0871. The van der Waals surface area contributed by atoms with Crippen LogP contribution in [0.3, 0.4) is 0 Å². The molecule has 1 aromatic carbocycles. The summed E-state index contributed by atoms with van der Waals surface area (Å²) in [6.07, 6.45) is 26.0. The zero-order chi connectivity index (χ0) is 31.6. The summed E-state index contributed by atoms with van der Waals surface area (Å²) in [6, 6.07) is 7.47. The van der Waals surface area contributed by atoms with Gasteiger partial charge in [0.1, 0.15) is 0 Å². The monoisotopic (exact) mass is 604 g/mol. The Morgan fingerprint density at radius 1 is 0.455 bits per heavy atom. The van der Waals surface area contributed by atoms with Crippen molar-refractivity contribution in [2.24, 2.45) is 0 Å². The maximum Gasteiger partial charge on any atom is 0.257 e. The summed E-state index contributed by atoms with van der Waals surface area (Å²) < 4.78 is 0. The Balaban J connectivity index is 1.42. The highest BCUT2D eigenvalue weighted by Gasteiger charge is 2.33. The Kier molecular flexibility index (Phi) is 16.2. The maximum absolute atomic E-state index is 13.1. The van der Waals surface area contributed by atoms with E-state index in [4.69, 9.17) is 0 Å². The van der Waals surface area contributed by atoms with Crippen molar-refractivity contribution >= 4 is 23.6 Å². The van der Waals surface area contributed by atoms with Crippen LogP contribution in [0.15, 0.2) is 47.6 Å². The molecule has 0 fully saturated rings. The lowest BCUT2D eigenvalue weighted by Gasteiger charge is -2.20. The first-order chi connectivity index (χ1) is 21.5. The summed E-state index contributed by atoms with van der Waals surface area (Å²) in [6.45, 7) is 4.74. The minimum atomic E-state index is -0.283. The van der Waals surface area contributed by atoms with Crippen LogP contribution in [0, 0.1) is 0 Å². The van der Waals surface area contributed by atoms with Gasteiger partial charge in [-0.2, -0.15) is 0 Å². The van der Waals surface area contributed by atoms with E-state index in [2.05, 4.69) is 13.8 Å². The standard InChI is InChI=1S/C38H56N2O4/c1-3-5-7-9-11-13-15-17-19-23-31-27-35(41)39(37(31)43)29-33-25-21-22-26-34(33)30-40-36(42)28-32(38(40)44)24-20-18-16-14-12-10-8-6-4-2/h21-22,25-28H,3-20,23-24,29-30H2,1-2H3. The highest BCUT2D eigenvalue weighted by Crippen LogP contribution is 2.26. The molecule has 0 aromatic heterocycles. The van der Waals surface area contributed by atoms with Gasteiger partial charge in [-0.1, -0.05) is 141 Å². The van der Waals surface area contributed by atoms with E-state index in [0.29, 0.717) is 24.0 Å². The molecule has 4 amide bonds. The van der Waals surface area contributed by atoms with E-state index in [1.807, 2.05) is 24.3 Å². The van der Waals surface area contributed by atoms with Gasteiger partial charge in [0, 0.05) is 23.3 Å². The third kappa shape index (κ3) is 11.5. The van der Waals surface area contributed by atoms with E-state index in [-0.39, 0.29) is 36.7 Å². The van der Waals surface area contributed by atoms with Crippen molar-refractivity contribution in [3.05, 3.63) is 58.7 Å². The van der Waals surface area contributed by atoms with Gasteiger partial charge in [-0.25, -0.2) is 0 Å². The molecule has 0 N–H and O–H groups in total. The normalized spacial score (nSPS) is 15.1. The smallest absolute Gasteiger partial charge is 0.257 e. The number of nitrogens with zero attached hydrogens (tertiary/aromatic N) is 2. The zero-order valence-electron chi connectivity index (χ0n) is 27.5. The lowest BCUT2D eigenvalue weighted by atomic mass is 10.0. The minimum absolute atomic E-state index is 0.139. The third-order valence-electron chi connectivity index (χ3n) is 9.04. The van der Waals surface area contributed by atoms with Gasteiger partial charge in [0.25, 0.3) is 23.6 Å². The lowest BCUT2D eigenvalue weighted by Crippen LogP contribution is -2.33. The topological polar surface area (TPSA) is 74.8 Å². The second kappa shape index (κ2) is 20.1. The first kappa shape index (κ1) is 35.5. The van der Waals surface area contributed by atoms with E-state index in [1.165, 1.54) is 112 Å². The van der Waals surface area contributed by atoms with Crippen LogP contribution in [0.5, 0.6) is 0 Å². The molecule has 0 bridgehead atoms.